The summed E-state index contributed by atoms with van der Waals surface area (Å²) in [6.45, 7) is 5.81. The van der Waals surface area contributed by atoms with E-state index in [1.807, 2.05) is 31.5 Å². The quantitative estimate of drug-likeness (QED) is 0.371. The molecule has 0 saturated heterocycles. The summed E-state index contributed by atoms with van der Waals surface area (Å²) in [5, 5.41) is 15.2. The topological polar surface area (TPSA) is 78.9 Å². The van der Waals surface area contributed by atoms with Gasteiger partial charge in [0.15, 0.2) is 5.84 Å². The Morgan fingerprint density at radius 3 is 2.65 bits per heavy atom. The maximum atomic E-state index is 12.3. The zero-order chi connectivity index (χ0) is 13.0. The number of carbonyl (C=O) groups excluding carboxylic acids is 1. The van der Waals surface area contributed by atoms with Gasteiger partial charge < -0.3 is 15.8 Å². The largest absolute Gasteiger partial charge is 0.409 e. The van der Waals surface area contributed by atoms with Crippen molar-refractivity contribution in [3.63, 3.8) is 0 Å². The SMILES string of the molecule is Cc1cscc1C(=O)N(CC(N)=NO)C(C)C. The van der Waals surface area contributed by atoms with Crippen molar-refractivity contribution in [2.45, 2.75) is 26.8 Å². The Morgan fingerprint density at radius 2 is 2.24 bits per heavy atom. The summed E-state index contributed by atoms with van der Waals surface area (Å²) in [7, 11) is 0. The summed E-state index contributed by atoms with van der Waals surface area (Å²) in [5.41, 5.74) is 7.07. The highest BCUT2D eigenvalue weighted by molar-refractivity contribution is 7.08. The molecule has 94 valence electrons. The molecule has 3 N–H and O–H groups in total. The van der Waals surface area contributed by atoms with Crippen LogP contribution in [0.25, 0.3) is 0 Å². The van der Waals surface area contributed by atoms with Gasteiger partial charge in [-0.1, -0.05) is 5.16 Å². The highest BCUT2D eigenvalue weighted by Crippen LogP contribution is 2.17. The van der Waals surface area contributed by atoms with Gasteiger partial charge in [-0.3, -0.25) is 4.79 Å². The minimum Gasteiger partial charge on any atom is -0.409 e. The number of oxime groups is 1. The van der Waals surface area contributed by atoms with E-state index in [4.69, 9.17) is 10.9 Å². The van der Waals surface area contributed by atoms with Crippen LogP contribution in [0.4, 0.5) is 0 Å². The summed E-state index contributed by atoms with van der Waals surface area (Å²) < 4.78 is 0. The van der Waals surface area contributed by atoms with Gasteiger partial charge in [-0.15, -0.1) is 0 Å². The molecule has 0 saturated carbocycles. The molecule has 0 aliphatic heterocycles. The predicted octanol–water partition coefficient (Wildman–Crippen LogP) is 1.65. The number of amidine groups is 1. The number of amides is 1. The van der Waals surface area contributed by atoms with Gasteiger partial charge in [0.1, 0.15) is 0 Å². The smallest absolute Gasteiger partial charge is 0.255 e. The van der Waals surface area contributed by atoms with Gasteiger partial charge in [-0.2, -0.15) is 11.3 Å². The predicted molar refractivity (Wildman–Crippen MR) is 68.6 cm³/mol. The first kappa shape index (κ1) is 13.5. The minimum atomic E-state index is -0.0923. The molecule has 1 aromatic heterocycles. The number of thiophene rings is 1. The monoisotopic (exact) mass is 255 g/mol. The number of aryl methyl sites for hydroxylation is 1. The molecule has 0 aliphatic rings. The molecule has 0 radical (unpaired) electrons. The first-order chi connectivity index (χ1) is 7.97. The fourth-order valence-corrected chi connectivity index (χ4v) is 2.25. The fourth-order valence-electron chi connectivity index (χ4n) is 1.43. The Hall–Kier alpha value is -1.56. The average Bonchev–Trinajstić information content (AvgIpc) is 2.70. The van der Waals surface area contributed by atoms with Crippen molar-refractivity contribution in [1.82, 2.24) is 4.90 Å². The van der Waals surface area contributed by atoms with Gasteiger partial charge in [0.2, 0.25) is 0 Å². The van der Waals surface area contributed by atoms with Gasteiger partial charge in [-0.05, 0) is 31.7 Å². The van der Waals surface area contributed by atoms with E-state index in [2.05, 4.69) is 5.16 Å². The second kappa shape index (κ2) is 5.67. The second-order valence-corrected chi connectivity index (χ2v) is 4.83. The Balaban J connectivity index is 2.93. The summed E-state index contributed by atoms with van der Waals surface area (Å²) in [5.74, 6) is -0.0646. The third-order valence-corrected chi connectivity index (χ3v) is 3.29. The molecule has 17 heavy (non-hydrogen) atoms. The van der Waals surface area contributed by atoms with Crippen LogP contribution in [0.15, 0.2) is 15.9 Å². The van der Waals surface area contributed by atoms with Crippen LogP contribution < -0.4 is 5.73 Å². The third-order valence-electron chi connectivity index (χ3n) is 2.43. The van der Waals surface area contributed by atoms with Crippen molar-refractivity contribution >= 4 is 23.1 Å². The molecule has 5 nitrogen and oxygen atoms in total. The zero-order valence-electron chi connectivity index (χ0n) is 10.2. The molecule has 0 aromatic carbocycles. The van der Waals surface area contributed by atoms with E-state index in [0.29, 0.717) is 5.56 Å². The number of carbonyl (C=O) groups is 1. The van der Waals surface area contributed by atoms with Crippen LogP contribution in [0.1, 0.15) is 29.8 Å². The van der Waals surface area contributed by atoms with E-state index >= 15 is 0 Å². The van der Waals surface area contributed by atoms with E-state index < -0.39 is 0 Å². The highest BCUT2D eigenvalue weighted by Gasteiger charge is 2.21. The number of hydrogen-bond donors (Lipinski definition) is 2. The van der Waals surface area contributed by atoms with Gasteiger partial charge in [0.05, 0.1) is 12.1 Å². The van der Waals surface area contributed by atoms with Crippen LogP contribution >= 0.6 is 11.3 Å². The number of nitrogens with two attached hydrogens (primary N) is 1. The van der Waals surface area contributed by atoms with Crippen LogP contribution in [0.3, 0.4) is 0 Å². The Morgan fingerprint density at radius 1 is 1.59 bits per heavy atom. The molecule has 0 aliphatic carbocycles. The van der Waals surface area contributed by atoms with Crippen molar-refractivity contribution < 1.29 is 10.0 Å². The summed E-state index contributed by atoms with van der Waals surface area (Å²) >= 11 is 1.49. The summed E-state index contributed by atoms with van der Waals surface area (Å²) in [4.78, 5) is 13.8. The lowest BCUT2D eigenvalue weighted by Gasteiger charge is -2.26. The molecule has 0 unspecified atom stereocenters. The molecule has 1 rings (SSSR count). The molecule has 0 spiro atoms. The van der Waals surface area contributed by atoms with Gasteiger partial charge in [-0.25, -0.2) is 0 Å². The first-order valence-corrected chi connectivity index (χ1v) is 6.21. The standard InChI is InChI=1S/C11H17N3O2S/c1-7(2)14(4-10(12)13-16)11(15)9-6-17-5-8(9)3/h5-7,16H,4H2,1-3H3,(H2,12,13). The molecular weight excluding hydrogens is 238 g/mol. The fraction of sp³-hybridized carbons (Fsp3) is 0.455. The molecule has 1 aromatic rings. The number of rotatable bonds is 4. The van der Waals surface area contributed by atoms with Gasteiger partial charge >= 0.3 is 0 Å². The van der Waals surface area contributed by atoms with Crippen molar-refractivity contribution in [2.24, 2.45) is 10.9 Å². The Bertz CT molecular complexity index is 426. The van der Waals surface area contributed by atoms with Crippen LogP contribution in [0, 0.1) is 6.92 Å². The molecular formula is C11H17N3O2S. The van der Waals surface area contributed by atoms with Crippen molar-refractivity contribution in [3.05, 3.63) is 21.9 Å². The van der Waals surface area contributed by atoms with E-state index in [0.717, 1.165) is 5.56 Å². The van der Waals surface area contributed by atoms with Crippen LogP contribution in [-0.2, 0) is 0 Å². The summed E-state index contributed by atoms with van der Waals surface area (Å²) in [6.07, 6.45) is 0. The lowest BCUT2D eigenvalue weighted by Crippen LogP contribution is -2.42. The lowest BCUT2D eigenvalue weighted by atomic mass is 10.1. The first-order valence-electron chi connectivity index (χ1n) is 5.27. The molecule has 0 atom stereocenters. The van der Waals surface area contributed by atoms with Crippen molar-refractivity contribution in [1.29, 1.82) is 0 Å². The van der Waals surface area contributed by atoms with Crippen LogP contribution in [0.2, 0.25) is 0 Å². The van der Waals surface area contributed by atoms with Crippen LogP contribution in [0.5, 0.6) is 0 Å². The minimum absolute atomic E-state index is 0.0119. The van der Waals surface area contributed by atoms with E-state index in [9.17, 15) is 4.79 Å². The van der Waals surface area contributed by atoms with Gasteiger partial charge in [0, 0.05) is 11.4 Å². The highest BCUT2D eigenvalue weighted by atomic mass is 32.1. The average molecular weight is 255 g/mol. The zero-order valence-corrected chi connectivity index (χ0v) is 11.0. The summed E-state index contributed by atoms with van der Waals surface area (Å²) in [6, 6.07) is -0.0119. The third kappa shape index (κ3) is 3.20. The Kier molecular flexibility index (Phi) is 4.51. The number of hydrogen-bond acceptors (Lipinski definition) is 4. The van der Waals surface area contributed by atoms with E-state index in [-0.39, 0.29) is 24.3 Å². The van der Waals surface area contributed by atoms with Crippen molar-refractivity contribution in [2.75, 3.05) is 6.54 Å². The normalized spacial score (nSPS) is 11.9. The maximum absolute atomic E-state index is 12.3. The van der Waals surface area contributed by atoms with E-state index in [1.165, 1.54) is 11.3 Å². The second-order valence-electron chi connectivity index (χ2n) is 4.09. The van der Waals surface area contributed by atoms with Crippen molar-refractivity contribution in [3.8, 4) is 0 Å². The lowest BCUT2D eigenvalue weighted by molar-refractivity contribution is 0.0734. The molecule has 1 amide bonds. The molecule has 6 heteroatoms. The molecule has 0 bridgehead atoms. The molecule has 1 heterocycles. The van der Waals surface area contributed by atoms with E-state index in [1.54, 1.807) is 4.90 Å². The van der Waals surface area contributed by atoms with Gasteiger partial charge in [0.25, 0.3) is 5.91 Å². The maximum Gasteiger partial charge on any atom is 0.255 e. The molecule has 0 fully saturated rings. The van der Waals surface area contributed by atoms with Crippen LogP contribution in [-0.4, -0.2) is 34.4 Å². The number of nitrogens with zero attached hydrogens (tertiary/aromatic N) is 2. The Labute approximate surface area is 105 Å².